The second-order valence-corrected chi connectivity index (χ2v) is 5.39. The van der Waals surface area contributed by atoms with E-state index in [2.05, 4.69) is 0 Å². The number of nitrogens with zero attached hydrogens (tertiary/aromatic N) is 2. The Bertz CT molecular complexity index is 735. The lowest BCUT2D eigenvalue weighted by Gasteiger charge is -2.25. The first-order valence-electron chi connectivity index (χ1n) is 7.34. The van der Waals surface area contributed by atoms with Gasteiger partial charge in [-0.15, -0.1) is 0 Å². The average molecular weight is 332 g/mol. The topological polar surface area (TPSA) is 72.7 Å². The van der Waals surface area contributed by atoms with Crippen LogP contribution in [0.25, 0.3) is 0 Å². The molecule has 0 saturated carbocycles. The molecule has 2 aromatic rings. The zero-order chi connectivity index (χ0) is 17.7. The number of hydrogen-bond acceptors (Lipinski definition) is 4. The predicted molar refractivity (Wildman–Crippen MR) is 87.3 cm³/mol. The third-order valence-electron chi connectivity index (χ3n) is 3.31. The van der Waals surface area contributed by atoms with Crippen LogP contribution in [0.5, 0.6) is 0 Å². The number of nitro groups is 1. The Balaban J connectivity index is 2.27. The number of carbonyl (C=O) groups is 1. The molecule has 2 rings (SSSR count). The molecule has 0 unspecified atom stereocenters. The minimum atomic E-state index is -0.775. The highest BCUT2D eigenvalue weighted by atomic mass is 19.1. The van der Waals surface area contributed by atoms with Crippen LogP contribution < -0.4 is 4.90 Å². The summed E-state index contributed by atoms with van der Waals surface area (Å²) in [7, 11) is 0. The van der Waals surface area contributed by atoms with Gasteiger partial charge in [0.25, 0.3) is 5.69 Å². The van der Waals surface area contributed by atoms with Crippen LogP contribution in [0, 0.1) is 15.9 Å². The summed E-state index contributed by atoms with van der Waals surface area (Å²) in [6, 6.07) is 11.6. The van der Waals surface area contributed by atoms with Crippen LogP contribution >= 0.6 is 0 Å². The first-order chi connectivity index (χ1) is 11.4. The number of nitro benzene ring substituents is 1. The van der Waals surface area contributed by atoms with E-state index in [9.17, 15) is 19.3 Å². The Morgan fingerprint density at radius 3 is 2.50 bits per heavy atom. The maximum Gasteiger partial charge on any atom is 0.415 e. The third kappa shape index (κ3) is 4.07. The molecular weight excluding hydrogens is 315 g/mol. The van der Waals surface area contributed by atoms with Gasteiger partial charge in [-0.3, -0.25) is 15.0 Å². The molecule has 0 aliphatic carbocycles. The van der Waals surface area contributed by atoms with Crippen molar-refractivity contribution in [1.29, 1.82) is 0 Å². The van der Waals surface area contributed by atoms with Gasteiger partial charge in [0.1, 0.15) is 18.1 Å². The van der Waals surface area contributed by atoms with Gasteiger partial charge < -0.3 is 4.74 Å². The predicted octanol–water partition coefficient (Wildman–Crippen LogP) is 4.29. The summed E-state index contributed by atoms with van der Waals surface area (Å²) in [5.74, 6) is -0.669. The molecule has 6 nitrogen and oxygen atoms in total. The molecule has 24 heavy (non-hydrogen) atoms. The summed E-state index contributed by atoms with van der Waals surface area (Å²) in [5, 5.41) is 11.2. The Kier molecular flexibility index (Phi) is 5.47. The molecule has 126 valence electrons. The Labute approximate surface area is 138 Å². The van der Waals surface area contributed by atoms with Crippen molar-refractivity contribution < 1.29 is 18.8 Å². The fourth-order valence-corrected chi connectivity index (χ4v) is 2.22. The molecule has 0 aliphatic rings. The molecule has 7 heteroatoms. The first kappa shape index (κ1) is 17.4. The molecule has 1 amide bonds. The van der Waals surface area contributed by atoms with Crippen LogP contribution in [0.3, 0.4) is 0 Å². The lowest BCUT2D eigenvalue weighted by Crippen LogP contribution is -2.38. The number of hydrogen-bond donors (Lipinski definition) is 0. The Hall–Kier alpha value is -2.96. The number of benzene rings is 2. The molecule has 0 N–H and O–H groups in total. The summed E-state index contributed by atoms with van der Waals surface area (Å²) < 4.78 is 18.8. The van der Waals surface area contributed by atoms with Crippen molar-refractivity contribution >= 4 is 17.5 Å². The zero-order valence-electron chi connectivity index (χ0n) is 13.3. The number of rotatable bonds is 5. The van der Waals surface area contributed by atoms with Crippen molar-refractivity contribution in [1.82, 2.24) is 0 Å². The molecule has 0 spiro atoms. The number of amides is 1. The fraction of sp³-hybridized carbons (Fsp3) is 0.235. The van der Waals surface area contributed by atoms with E-state index in [0.717, 1.165) is 28.7 Å². The highest BCUT2D eigenvalue weighted by Gasteiger charge is 2.28. The summed E-state index contributed by atoms with van der Waals surface area (Å²) in [6.07, 6.45) is -0.775. The van der Waals surface area contributed by atoms with Gasteiger partial charge in [0, 0.05) is 18.2 Å². The van der Waals surface area contributed by atoms with E-state index in [0.29, 0.717) is 0 Å². The van der Waals surface area contributed by atoms with Gasteiger partial charge in [-0.05, 0) is 25.5 Å². The van der Waals surface area contributed by atoms with Crippen molar-refractivity contribution in [2.45, 2.75) is 26.5 Å². The van der Waals surface area contributed by atoms with Gasteiger partial charge in [0.05, 0.1) is 4.92 Å². The van der Waals surface area contributed by atoms with Gasteiger partial charge in [-0.1, -0.05) is 30.3 Å². The van der Waals surface area contributed by atoms with E-state index in [1.54, 1.807) is 38.1 Å². The van der Waals surface area contributed by atoms with Gasteiger partial charge >= 0.3 is 6.09 Å². The minimum absolute atomic E-state index is 0.0198. The second kappa shape index (κ2) is 7.54. The molecule has 0 saturated heterocycles. The molecule has 0 fully saturated rings. The number of ether oxygens (including phenoxy) is 1. The summed E-state index contributed by atoms with van der Waals surface area (Å²) in [5.41, 5.74) is 0.290. The van der Waals surface area contributed by atoms with Gasteiger partial charge in [-0.25, -0.2) is 9.18 Å². The standard InChI is InChI=1S/C17H17FN2O4/c1-12(2)19(16-10-14(18)8-9-15(16)20(22)23)17(21)24-11-13-6-4-3-5-7-13/h3-10,12H,11H2,1-2H3. The molecule has 0 aromatic heterocycles. The highest BCUT2D eigenvalue weighted by Crippen LogP contribution is 2.31. The van der Waals surface area contributed by atoms with Crippen LogP contribution in [0.1, 0.15) is 19.4 Å². The lowest BCUT2D eigenvalue weighted by atomic mass is 10.2. The third-order valence-corrected chi connectivity index (χ3v) is 3.31. The number of halogens is 1. The van der Waals surface area contributed by atoms with Crippen LogP contribution in [-0.2, 0) is 11.3 Å². The summed E-state index contributed by atoms with van der Waals surface area (Å²) in [4.78, 5) is 24.0. The highest BCUT2D eigenvalue weighted by molar-refractivity contribution is 5.91. The normalized spacial score (nSPS) is 10.5. The smallest absolute Gasteiger partial charge is 0.415 e. The van der Waals surface area contributed by atoms with Crippen molar-refractivity contribution in [3.63, 3.8) is 0 Å². The molecule has 2 aromatic carbocycles. The van der Waals surface area contributed by atoms with Crippen molar-refractivity contribution in [2.24, 2.45) is 0 Å². The van der Waals surface area contributed by atoms with Gasteiger partial charge in [-0.2, -0.15) is 0 Å². The van der Waals surface area contributed by atoms with Crippen molar-refractivity contribution in [2.75, 3.05) is 4.90 Å². The monoisotopic (exact) mass is 332 g/mol. The summed E-state index contributed by atoms with van der Waals surface area (Å²) >= 11 is 0. The molecule has 0 radical (unpaired) electrons. The van der Waals surface area contributed by atoms with E-state index in [-0.39, 0.29) is 18.0 Å². The fourth-order valence-electron chi connectivity index (χ4n) is 2.22. The molecule has 0 aliphatic heterocycles. The van der Waals surface area contributed by atoms with E-state index >= 15 is 0 Å². The quantitative estimate of drug-likeness (QED) is 0.605. The largest absolute Gasteiger partial charge is 0.444 e. The van der Waals surface area contributed by atoms with Gasteiger partial charge in [0.2, 0.25) is 0 Å². The molecule has 0 heterocycles. The van der Waals surface area contributed by atoms with E-state index in [1.807, 2.05) is 6.07 Å². The second-order valence-electron chi connectivity index (χ2n) is 5.39. The average Bonchev–Trinajstić information content (AvgIpc) is 2.53. The zero-order valence-corrected chi connectivity index (χ0v) is 13.3. The Morgan fingerprint density at radius 1 is 1.25 bits per heavy atom. The van der Waals surface area contributed by atoms with Crippen LogP contribution in [0.15, 0.2) is 48.5 Å². The van der Waals surface area contributed by atoms with Crippen LogP contribution in [0.4, 0.5) is 20.6 Å². The first-order valence-corrected chi connectivity index (χ1v) is 7.34. The number of anilines is 1. The maximum atomic E-state index is 13.5. The van der Waals surface area contributed by atoms with Gasteiger partial charge in [0.15, 0.2) is 0 Å². The lowest BCUT2D eigenvalue weighted by molar-refractivity contribution is -0.384. The van der Waals surface area contributed by atoms with E-state index < -0.39 is 22.9 Å². The van der Waals surface area contributed by atoms with Crippen molar-refractivity contribution in [3.05, 3.63) is 70.0 Å². The number of carbonyl (C=O) groups excluding carboxylic acids is 1. The van der Waals surface area contributed by atoms with E-state index in [4.69, 9.17) is 4.74 Å². The Morgan fingerprint density at radius 2 is 1.92 bits per heavy atom. The molecule has 0 bridgehead atoms. The summed E-state index contributed by atoms with van der Waals surface area (Å²) in [6.45, 7) is 3.35. The molecular formula is C17H17FN2O4. The SMILES string of the molecule is CC(C)N(C(=O)OCc1ccccc1)c1cc(F)ccc1[N+](=O)[O-]. The van der Waals surface area contributed by atoms with Crippen LogP contribution in [-0.4, -0.2) is 17.1 Å². The maximum absolute atomic E-state index is 13.5. The minimum Gasteiger partial charge on any atom is -0.444 e. The van der Waals surface area contributed by atoms with Crippen LogP contribution in [0.2, 0.25) is 0 Å². The van der Waals surface area contributed by atoms with E-state index in [1.165, 1.54) is 0 Å². The molecule has 0 atom stereocenters. The van der Waals surface area contributed by atoms with Crippen molar-refractivity contribution in [3.8, 4) is 0 Å².